The van der Waals surface area contributed by atoms with Gasteiger partial charge in [0.25, 0.3) is 0 Å². The van der Waals surface area contributed by atoms with E-state index in [1.54, 1.807) is 4.90 Å². The highest BCUT2D eigenvalue weighted by Crippen LogP contribution is 2.23. The van der Waals surface area contributed by atoms with Gasteiger partial charge in [0.2, 0.25) is 11.8 Å². The van der Waals surface area contributed by atoms with Gasteiger partial charge >= 0.3 is 0 Å². The molecule has 0 spiro atoms. The van der Waals surface area contributed by atoms with Crippen molar-refractivity contribution < 1.29 is 9.59 Å². The molecule has 1 saturated carbocycles. The molecule has 4 nitrogen and oxygen atoms in total. The van der Waals surface area contributed by atoms with Gasteiger partial charge in [-0.25, -0.2) is 0 Å². The van der Waals surface area contributed by atoms with Crippen molar-refractivity contribution in [2.45, 2.75) is 104 Å². The molecule has 2 aromatic rings. The number of nitrogens with zero attached hydrogens (tertiary/aromatic N) is 1. The summed E-state index contributed by atoms with van der Waals surface area (Å²) in [4.78, 5) is 28.3. The molecule has 0 saturated heterocycles. The van der Waals surface area contributed by atoms with Crippen LogP contribution >= 0.6 is 0 Å². The van der Waals surface area contributed by atoms with E-state index in [-0.39, 0.29) is 23.3 Å². The first-order chi connectivity index (χ1) is 16.1. The van der Waals surface area contributed by atoms with Crippen molar-refractivity contribution in [3.8, 4) is 0 Å². The van der Waals surface area contributed by atoms with Crippen LogP contribution in [0, 0.1) is 6.92 Å². The summed E-state index contributed by atoms with van der Waals surface area (Å²) in [5.41, 5.74) is 4.76. The topological polar surface area (TPSA) is 49.4 Å². The van der Waals surface area contributed by atoms with E-state index < -0.39 is 6.04 Å². The fourth-order valence-electron chi connectivity index (χ4n) is 4.72. The summed E-state index contributed by atoms with van der Waals surface area (Å²) < 4.78 is 0. The van der Waals surface area contributed by atoms with E-state index in [4.69, 9.17) is 0 Å². The molecule has 3 rings (SSSR count). The maximum atomic E-state index is 13.4. The Kier molecular flexibility index (Phi) is 8.93. The fourth-order valence-corrected chi connectivity index (χ4v) is 4.72. The van der Waals surface area contributed by atoms with Gasteiger partial charge in [-0.15, -0.1) is 0 Å². The van der Waals surface area contributed by atoms with Crippen molar-refractivity contribution in [1.82, 2.24) is 10.2 Å². The van der Waals surface area contributed by atoms with Gasteiger partial charge in [0.15, 0.2) is 0 Å². The van der Waals surface area contributed by atoms with E-state index in [9.17, 15) is 9.59 Å². The Hall–Kier alpha value is -2.62. The van der Waals surface area contributed by atoms with Gasteiger partial charge in [0.1, 0.15) is 6.04 Å². The van der Waals surface area contributed by atoms with Crippen LogP contribution < -0.4 is 5.32 Å². The SMILES string of the molecule is Cc1cccc(CN(C(=O)CCc2ccc(C(C)(C)C)cc2)[C@H](C)C(=O)NC2CCCCC2)c1. The average molecular weight is 463 g/mol. The van der Waals surface area contributed by atoms with Gasteiger partial charge in [0.05, 0.1) is 0 Å². The Balaban J connectivity index is 1.69. The van der Waals surface area contributed by atoms with Crippen molar-refractivity contribution in [1.29, 1.82) is 0 Å². The summed E-state index contributed by atoms with van der Waals surface area (Å²) in [6.45, 7) is 11.0. The van der Waals surface area contributed by atoms with Gasteiger partial charge in [0, 0.05) is 19.0 Å². The number of carbonyl (C=O) groups excluding carboxylic acids is 2. The zero-order valence-electron chi connectivity index (χ0n) is 21.7. The fraction of sp³-hybridized carbons (Fsp3) is 0.533. The number of hydrogen-bond acceptors (Lipinski definition) is 2. The molecule has 0 unspecified atom stereocenters. The molecule has 0 heterocycles. The first kappa shape index (κ1) is 26.0. The number of nitrogens with one attached hydrogen (secondary N) is 1. The monoisotopic (exact) mass is 462 g/mol. The van der Waals surface area contributed by atoms with Gasteiger partial charge in [-0.3, -0.25) is 9.59 Å². The molecular formula is C30H42N2O2. The first-order valence-corrected chi connectivity index (χ1v) is 12.9. The van der Waals surface area contributed by atoms with Crippen LogP contribution in [-0.2, 0) is 28.0 Å². The van der Waals surface area contributed by atoms with Gasteiger partial charge in [-0.05, 0) is 55.2 Å². The zero-order valence-corrected chi connectivity index (χ0v) is 21.7. The van der Waals surface area contributed by atoms with E-state index in [2.05, 4.69) is 69.4 Å². The molecule has 1 aliphatic rings. The second-order valence-corrected chi connectivity index (χ2v) is 11.0. The van der Waals surface area contributed by atoms with E-state index >= 15 is 0 Å². The van der Waals surface area contributed by atoms with E-state index in [0.29, 0.717) is 19.4 Å². The van der Waals surface area contributed by atoms with Crippen LogP contribution in [0.15, 0.2) is 48.5 Å². The Bertz CT molecular complexity index is 953. The molecule has 4 heteroatoms. The van der Waals surface area contributed by atoms with Crippen molar-refractivity contribution >= 4 is 11.8 Å². The number of rotatable bonds is 8. The maximum absolute atomic E-state index is 13.4. The van der Waals surface area contributed by atoms with E-state index in [0.717, 1.165) is 29.5 Å². The largest absolute Gasteiger partial charge is 0.352 e. The lowest BCUT2D eigenvalue weighted by Gasteiger charge is -2.31. The molecular weight excluding hydrogens is 420 g/mol. The third kappa shape index (κ3) is 7.44. The second kappa shape index (κ2) is 11.7. The molecule has 0 aliphatic heterocycles. The molecule has 1 atom stereocenters. The third-order valence-corrected chi connectivity index (χ3v) is 7.00. The lowest BCUT2D eigenvalue weighted by molar-refractivity contribution is -0.141. The predicted octanol–water partition coefficient (Wildman–Crippen LogP) is 6.09. The first-order valence-electron chi connectivity index (χ1n) is 12.9. The number of amides is 2. The minimum Gasteiger partial charge on any atom is -0.352 e. The number of benzene rings is 2. The van der Waals surface area contributed by atoms with Gasteiger partial charge in [-0.1, -0.05) is 94.1 Å². The quantitative estimate of drug-likeness (QED) is 0.516. The van der Waals surface area contributed by atoms with Crippen molar-refractivity contribution in [3.05, 3.63) is 70.8 Å². The van der Waals surface area contributed by atoms with Crippen molar-refractivity contribution in [2.24, 2.45) is 0 Å². The Morgan fingerprint density at radius 2 is 1.68 bits per heavy atom. The molecule has 2 aromatic carbocycles. The Morgan fingerprint density at radius 1 is 1.00 bits per heavy atom. The summed E-state index contributed by atoms with van der Waals surface area (Å²) >= 11 is 0. The molecule has 1 fully saturated rings. The zero-order chi connectivity index (χ0) is 24.7. The Labute approximate surface area is 206 Å². The number of aryl methyl sites for hydroxylation is 2. The molecule has 1 N–H and O–H groups in total. The Morgan fingerprint density at radius 3 is 2.29 bits per heavy atom. The predicted molar refractivity (Wildman–Crippen MR) is 140 cm³/mol. The van der Waals surface area contributed by atoms with Gasteiger partial charge < -0.3 is 10.2 Å². The van der Waals surface area contributed by atoms with Crippen LogP contribution in [0.1, 0.15) is 88.5 Å². The van der Waals surface area contributed by atoms with Crippen LogP contribution in [0.2, 0.25) is 0 Å². The molecule has 1 aliphatic carbocycles. The summed E-state index contributed by atoms with van der Waals surface area (Å²) in [5, 5.41) is 3.21. The van der Waals surface area contributed by atoms with Crippen molar-refractivity contribution in [3.63, 3.8) is 0 Å². The smallest absolute Gasteiger partial charge is 0.242 e. The average Bonchev–Trinajstić information content (AvgIpc) is 2.81. The highest BCUT2D eigenvalue weighted by atomic mass is 16.2. The lowest BCUT2D eigenvalue weighted by Crippen LogP contribution is -2.50. The molecule has 0 bridgehead atoms. The third-order valence-electron chi connectivity index (χ3n) is 7.00. The summed E-state index contributed by atoms with van der Waals surface area (Å²) in [5.74, 6) is -0.0184. The summed E-state index contributed by atoms with van der Waals surface area (Å²) in [7, 11) is 0. The number of carbonyl (C=O) groups is 2. The molecule has 184 valence electrons. The van der Waals surface area contributed by atoms with Gasteiger partial charge in [-0.2, -0.15) is 0 Å². The highest BCUT2D eigenvalue weighted by Gasteiger charge is 2.28. The van der Waals surface area contributed by atoms with Crippen LogP contribution in [0.25, 0.3) is 0 Å². The standard InChI is InChI=1S/C30H42N2O2/c1-22-10-9-11-25(20-22)21-32(23(2)29(34)31-27-12-7-6-8-13-27)28(33)19-16-24-14-17-26(18-15-24)30(3,4)5/h9-11,14-15,17-18,20,23,27H,6-8,12-13,16,19,21H2,1-5H3,(H,31,34)/t23-/m1/s1. The molecule has 0 aromatic heterocycles. The lowest BCUT2D eigenvalue weighted by atomic mass is 9.86. The van der Waals surface area contributed by atoms with E-state index in [1.807, 2.05) is 19.1 Å². The minimum atomic E-state index is -0.502. The maximum Gasteiger partial charge on any atom is 0.242 e. The summed E-state index contributed by atoms with van der Waals surface area (Å²) in [6, 6.07) is 16.5. The van der Waals surface area contributed by atoms with Crippen LogP contribution in [0.4, 0.5) is 0 Å². The van der Waals surface area contributed by atoms with Crippen LogP contribution in [0.3, 0.4) is 0 Å². The van der Waals surface area contributed by atoms with Crippen LogP contribution in [-0.4, -0.2) is 28.8 Å². The highest BCUT2D eigenvalue weighted by molar-refractivity contribution is 5.87. The molecule has 0 radical (unpaired) electrons. The summed E-state index contributed by atoms with van der Waals surface area (Å²) in [6.07, 6.45) is 6.71. The van der Waals surface area contributed by atoms with Crippen molar-refractivity contribution in [2.75, 3.05) is 0 Å². The van der Waals surface area contributed by atoms with E-state index in [1.165, 1.54) is 24.8 Å². The number of hydrogen-bond donors (Lipinski definition) is 1. The minimum absolute atomic E-state index is 0.0210. The normalized spacial score (nSPS) is 15.6. The molecule has 2 amide bonds. The second-order valence-electron chi connectivity index (χ2n) is 11.0. The van der Waals surface area contributed by atoms with Crippen LogP contribution in [0.5, 0.6) is 0 Å². The molecule has 34 heavy (non-hydrogen) atoms.